The second-order valence-corrected chi connectivity index (χ2v) is 5.48. The molecule has 28 heavy (non-hydrogen) atoms. The number of hydrogen-bond donors (Lipinski definition) is 6. The van der Waals surface area contributed by atoms with Crippen LogP contribution in [0.25, 0.3) is 0 Å². The van der Waals surface area contributed by atoms with Crippen LogP contribution in [0.5, 0.6) is 11.5 Å². The number of nitrogens with one attached hydrogen (secondary N) is 2. The number of rotatable bonds is 7. The number of aliphatic hydroxyl groups is 2. The van der Waals surface area contributed by atoms with Crippen molar-refractivity contribution >= 4 is 24.2 Å². The summed E-state index contributed by atoms with van der Waals surface area (Å²) in [4.78, 5) is 23.5. The average molecular weight is 386 g/mol. The van der Waals surface area contributed by atoms with E-state index in [1.54, 1.807) is 24.3 Å². The second-order valence-electron chi connectivity index (χ2n) is 5.48. The molecule has 2 unspecified atom stereocenters. The third-order valence-corrected chi connectivity index (χ3v) is 3.47. The summed E-state index contributed by atoms with van der Waals surface area (Å²) in [5.74, 6) is -2.41. The number of amides is 2. The van der Waals surface area contributed by atoms with Crippen LogP contribution >= 0.6 is 0 Å². The summed E-state index contributed by atoms with van der Waals surface area (Å²) in [5.41, 5.74) is 4.51. The predicted molar refractivity (Wildman–Crippen MR) is 99.7 cm³/mol. The minimum absolute atomic E-state index is 0.0669. The van der Waals surface area contributed by atoms with Crippen LogP contribution in [0.3, 0.4) is 0 Å². The first-order chi connectivity index (χ1) is 13.4. The van der Waals surface area contributed by atoms with Crippen LogP contribution in [0, 0.1) is 0 Å². The van der Waals surface area contributed by atoms with E-state index >= 15 is 0 Å². The maximum Gasteiger partial charge on any atom is 0.272 e. The maximum absolute atomic E-state index is 11.8. The van der Waals surface area contributed by atoms with Crippen molar-refractivity contribution in [1.82, 2.24) is 10.9 Å². The quantitative estimate of drug-likeness (QED) is 0.275. The van der Waals surface area contributed by atoms with Crippen molar-refractivity contribution in [1.29, 1.82) is 0 Å². The lowest BCUT2D eigenvalue weighted by Gasteiger charge is -2.14. The van der Waals surface area contributed by atoms with Crippen LogP contribution in [0.15, 0.2) is 58.7 Å². The zero-order valence-corrected chi connectivity index (χ0v) is 14.4. The van der Waals surface area contributed by atoms with Crippen LogP contribution < -0.4 is 10.9 Å². The van der Waals surface area contributed by atoms with Gasteiger partial charge in [0.2, 0.25) is 0 Å². The van der Waals surface area contributed by atoms with Crippen LogP contribution in [-0.2, 0) is 9.59 Å². The Kier molecular flexibility index (Phi) is 7.20. The SMILES string of the molecule is O=C(N/N=C\c1ccccc1O)C(O)C(O)C(=O)N/N=C/c1ccccc1O. The zero-order chi connectivity index (χ0) is 20.5. The average Bonchev–Trinajstić information content (AvgIpc) is 2.69. The highest BCUT2D eigenvalue weighted by Crippen LogP contribution is 2.13. The van der Waals surface area contributed by atoms with Crippen LogP contribution in [0.4, 0.5) is 0 Å². The Balaban J connectivity index is 1.87. The summed E-state index contributed by atoms with van der Waals surface area (Å²) >= 11 is 0. The van der Waals surface area contributed by atoms with Gasteiger partial charge in [0.25, 0.3) is 11.8 Å². The fourth-order valence-electron chi connectivity index (χ4n) is 1.94. The number of hydrogen-bond acceptors (Lipinski definition) is 8. The van der Waals surface area contributed by atoms with Crippen molar-refractivity contribution in [2.75, 3.05) is 0 Å². The highest BCUT2D eigenvalue weighted by atomic mass is 16.3. The molecule has 0 fully saturated rings. The Morgan fingerprint density at radius 2 is 1.11 bits per heavy atom. The summed E-state index contributed by atoms with van der Waals surface area (Å²) in [6, 6.07) is 12.4. The van der Waals surface area contributed by atoms with Crippen molar-refractivity contribution < 1.29 is 30.0 Å². The van der Waals surface area contributed by atoms with E-state index in [1.165, 1.54) is 24.3 Å². The molecule has 10 heteroatoms. The number of para-hydroxylation sites is 2. The number of carbonyl (C=O) groups excluding carboxylic acids is 2. The molecule has 146 valence electrons. The summed E-state index contributed by atoms with van der Waals surface area (Å²) in [7, 11) is 0. The number of phenolic OH excluding ortho intramolecular Hbond substituents is 2. The third kappa shape index (κ3) is 5.62. The van der Waals surface area contributed by atoms with Crippen molar-refractivity contribution in [3.63, 3.8) is 0 Å². The molecule has 2 aromatic rings. The lowest BCUT2D eigenvalue weighted by molar-refractivity contribution is -0.146. The van der Waals surface area contributed by atoms with Crippen LogP contribution in [0.1, 0.15) is 11.1 Å². The van der Waals surface area contributed by atoms with Gasteiger partial charge in [-0.15, -0.1) is 0 Å². The van der Waals surface area contributed by atoms with Gasteiger partial charge < -0.3 is 20.4 Å². The van der Waals surface area contributed by atoms with Crippen molar-refractivity contribution in [2.45, 2.75) is 12.2 Å². The first kappa shape index (κ1) is 20.6. The van der Waals surface area contributed by atoms with Crippen LogP contribution in [-0.4, -0.2) is 56.9 Å². The normalized spacial score (nSPS) is 13.4. The van der Waals surface area contributed by atoms with Gasteiger partial charge in [0.1, 0.15) is 11.5 Å². The highest BCUT2D eigenvalue weighted by Gasteiger charge is 2.30. The number of carbonyl (C=O) groups is 2. The molecule has 6 N–H and O–H groups in total. The number of nitrogens with zero attached hydrogens (tertiary/aromatic N) is 2. The number of benzene rings is 2. The second kappa shape index (κ2) is 9.80. The Morgan fingerprint density at radius 1 is 0.750 bits per heavy atom. The van der Waals surface area contributed by atoms with Crippen molar-refractivity contribution in [3.05, 3.63) is 59.7 Å². The van der Waals surface area contributed by atoms with Gasteiger partial charge in [0.15, 0.2) is 12.2 Å². The van der Waals surface area contributed by atoms with Gasteiger partial charge in [-0.05, 0) is 24.3 Å². The molecule has 0 saturated carbocycles. The van der Waals surface area contributed by atoms with E-state index in [0.717, 1.165) is 12.4 Å². The lowest BCUT2D eigenvalue weighted by atomic mass is 10.2. The first-order valence-electron chi connectivity index (χ1n) is 7.98. The molecule has 0 saturated heterocycles. The summed E-state index contributed by atoms with van der Waals surface area (Å²) in [6.07, 6.45) is -1.96. The van der Waals surface area contributed by atoms with Crippen molar-refractivity contribution in [2.24, 2.45) is 10.2 Å². The Bertz CT molecular complexity index is 826. The molecule has 0 heterocycles. The molecule has 0 radical (unpaired) electrons. The number of hydrazone groups is 2. The van der Waals surface area contributed by atoms with Gasteiger partial charge >= 0.3 is 0 Å². The van der Waals surface area contributed by atoms with E-state index in [1.807, 2.05) is 10.9 Å². The Morgan fingerprint density at radius 3 is 1.46 bits per heavy atom. The zero-order valence-electron chi connectivity index (χ0n) is 14.4. The summed E-state index contributed by atoms with van der Waals surface area (Å²) in [6.45, 7) is 0. The maximum atomic E-state index is 11.8. The van der Waals surface area contributed by atoms with E-state index in [4.69, 9.17) is 0 Å². The van der Waals surface area contributed by atoms with Gasteiger partial charge in [-0.2, -0.15) is 10.2 Å². The van der Waals surface area contributed by atoms with E-state index < -0.39 is 24.0 Å². The Labute approximate surface area is 159 Å². The van der Waals surface area contributed by atoms with Crippen molar-refractivity contribution in [3.8, 4) is 11.5 Å². The molecule has 10 nitrogen and oxygen atoms in total. The van der Waals surface area contributed by atoms with E-state index in [2.05, 4.69) is 10.2 Å². The van der Waals surface area contributed by atoms with E-state index in [-0.39, 0.29) is 11.5 Å². The van der Waals surface area contributed by atoms with Crippen LogP contribution in [0.2, 0.25) is 0 Å². The molecule has 2 rings (SSSR count). The molecule has 0 aliphatic rings. The van der Waals surface area contributed by atoms with Gasteiger partial charge in [0.05, 0.1) is 12.4 Å². The smallest absolute Gasteiger partial charge is 0.272 e. The Hall–Kier alpha value is -3.76. The van der Waals surface area contributed by atoms with Gasteiger partial charge in [0, 0.05) is 11.1 Å². The number of phenols is 2. The van der Waals surface area contributed by atoms with Gasteiger partial charge in [-0.25, -0.2) is 10.9 Å². The fraction of sp³-hybridized carbons (Fsp3) is 0.111. The molecule has 0 spiro atoms. The molecule has 2 amide bonds. The summed E-state index contributed by atoms with van der Waals surface area (Å²) in [5, 5.41) is 45.6. The number of aromatic hydroxyl groups is 2. The standard InChI is InChI=1S/C18H18N4O6/c23-13-7-3-1-5-11(13)9-19-21-17(27)15(25)16(26)18(28)22-20-10-12-6-2-4-8-14(12)24/h1-10,15-16,23-26H,(H,21,27)(H,22,28)/b19-9-,20-10+. The molecule has 0 bridgehead atoms. The first-order valence-corrected chi connectivity index (χ1v) is 7.98. The molecular formula is C18H18N4O6. The highest BCUT2D eigenvalue weighted by molar-refractivity contribution is 5.92. The number of aliphatic hydroxyl groups excluding tert-OH is 2. The largest absolute Gasteiger partial charge is 0.507 e. The van der Waals surface area contributed by atoms with E-state index in [9.17, 15) is 30.0 Å². The molecule has 0 aromatic heterocycles. The monoisotopic (exact) mass is 386 g/mol. The molecule has 0 aliphatic carbocycles. The molecule has 0 aliphatic heterocycles. The minimum Gasteiger partial charge on any atom is -0.507 e. The molecule has 2 aromatic carbocycles. The summed E-state index contributed by atoms with van der Waals surface area (Å²) < 4.78 is 0. The minimum atomic E-state index is -2.11. The topological polar surface area (TPSA) is 164 Å². The van der Waals surface area contributed by atoms with Gasteiger partial charge in [-0.1, -0.05) is 24.3 Å². The fourth-order valence-corrected chi connectivity index (χ4v) is 1.94. The third-order valence-electron chi connectivity index (χ3n) is 3.47. The predicted octanol–water partition coefficient (Wildman–Crippen LogP) is -0.580. The van der Waals surface area contributed by atoms with E-state index in [0.29, 0.717) is 11.1 Å². The molecular weight excluding hydrogens is 368 g/mol. The molecule has 2 atom stereocenters. The van der Waals surface area contributed by atoms with Gasteiger partial charge in [-0.3, -0.25) is 9.59 Å². The lowest BCUT2D eigenvalue weighted by Crippen LogP contribution is -2.47.